The summed E-state index contributed by atoms with van der Waals surface area (Å²) in [4.78, 5) is 17.6. The first-order valence-corrected chi connectivity index (χ1v) is 6.78. The van der Waals surface area contributed by atoms with Gasteiger partial charge in [0.05, 0.1) is 5.02 Å². The Morgan fingerprint density at radius 2 is 1.90 bits per heavy atom. The molecule has 0 aliphatic rings. The van der Waals surface area contributed by atoms with Crippen LogP contribution < -0.4 is 4.90 Å². The molecule has 0 N–H and O–H groups in total. The number of carbonyl (C=O) groups excluding carboxylic acids is 1. The van der Waals surface area contributed by atoms with Gasteiger partial charge in [-0.15, -0.1) is 0 Å². The molecule has 1 heterocycles. The predicted octanol–water partition coefficient (Wildman–Crippen LogP) is 4.33. The number of hydrogen-bond donors (Lipinski definition) is 0. The number of hydrogen-bond acceptors (Lipinski definition) is 2. The maximum Gasteiger partial charge on any atom is 0.278 e. The molecule has 21 heavy (non-hydrogen) atoms. The number of benzene rings is 1. The highest BCUT2D eigenvalue weighted by molar-refractivity contribution is 6.35. The lowest BCUT2D eigenvalue weighted by molar-refractivity contribution is 0.0983. The van der Waals surface area contributed by atoms with Crippen LogP contribution in [0.4, 0.5) is 14.5 Å². The van der Waals surface area contributed by atoms with Gasteiger partial charge in [0.15, 0.2) is 11.6 Å². The molecule has 0 saturated heterocycles. The van der Waals surface area contributed by atoms with Gasteiger partial charge in [-0.1, -0.05) is 23.2 Å². The number of halogens is 4. The van der Waals surface area contributed by atoms with Crippen molar-refractivity contribution in [3.05, 3.63) is 57.8 Å². The zero-order valence-electron chi connectivity index (χ0n) is 10.9. The second kappa shape index (κ2) is 6.37. The summed E-state index contributed by atoms with van der Waals surface area (Å²) in [5.41, 5.74) is 0.162. The van der Waals surface area contributed by atoms with E-state index in [2.05, 4.69) is 4.98 Å². The van der Waals surface area contributed by atoms with Gasteiger partial charge in [-0.2, -0.15) is 0 Å². The minimum Gasteiger partial charge on any atom is -0.307 e. The number of anilines is 1. The molecule has 0 spiro atoms. The summed E-state index contributed by atoms with van der Waals surface area (Å²) in [5.74, 6) is -2.57. The summed E-state index contributed by atoms with van der Waals surface area (Å²) < 4.78 is 26.3. The minimum atomic E-state index is -1.04. The third-order valence-corrected chi connectivity index (χ3v) is 3.31. The Morgan fingerprint density at radius 1 is 1.19 bits per heavy atom. The number of pyridine rings is 1. The highest BCUT2D eigenvalue weighted by Gasteiger charge is 2.21. The molecular weight excluding hydrogens is 321 g/mol. The number of nitrogens with zero attached hydrogens (tertiary/aromatic N) is 2. The zero-order chi connectivity index (χ0) is 15.6. The van der Waals surface area contributed by atoms with Gasteiger partial charge in [0.2, 0.25) is 0 Å². The van der Waals surface area contributed by atoms with Crippen molar-refractivity contribution in [2.75, 3.05) is 11.4 Å². The lowest BCUT2D eigenvalue weighted by Crippen LogP contribution is -2.31. The predicted molar refractivity (Wildman–Crippen MR) is 78.0 cm³/mol. The highest BCUT2D eigenvalue weighted by Crippen LogP contribution is 2.23. The molecule has 0 aliphatic carbocycles. The quantitative estimate of drug-likeness (QED) is 0.784. The molecule has 110 valence electrons. The van der Waals surface area contributed by atoms with Crippen LogP contribution in [0.15, 0.2) is 30.3 Å². The van der Waals surface area contributed by atoms with E-state index < -0.39 is 17.5 Å². The maximum absolute atomic E-state index is 13.3. The SMILES string of the molecule is CCN(C(=O)c1nc(Cl)ccc1Cl)c1ccc(F)c(F)c1. The first kappa shape index (κ1) is 15.7. The van der Waals surface area contributed by atoms with Crippen LogP contribution >= 0.6 is 23.2 Å². The summed E-state index contributed by atoms with van der Waals surface area (Å²) in [6, 6.07) is 6.10. The number of amides is 1. The van der Waals surface area contributed by atoms with Crippen molar-refractivity contribution in [3.8, 4) is 0 Å². The van der Waals surface area contributed by atoms with Crippen molar-refractivity contribution >= 4 is 34.8 Å². The lowest BCUT2D eigenvalue weighted by atomic mass is 10.2. The summed E-state index contributed by atoms with van der Waals surface area (Å²) in [5, 5.41) is 0.245. The van der Waals surface area contributed by atoms with Gasteiger partial charge in [0.1, 0.15) is 10.8 Å². The van der Waals surface area contributed by atoms with Gasteiger partial charge in [-0.05, 0) is 31.2 Å². The van der Waals surface area contributed by atoms with Crippen LogP contribution in [-0.4, -0.2) is 17.4 Å². The average molecular weight is 331 g/mol. The van der Waals surface area contributed by atoms with E-state index >= 15 is 0 Å². The van der Waals surface area contributed by atoms with E-state index in [-0.39, 0.29) is 28.1 Å². The molecule has 0 saturated carbocycles. The molecule has 0 fully saturated rings. The second-order valence-corrected chi connectivity index (χ2v) is 4.91. The molecule has 1 aromatic heterocycles. The summed E-state index contributed by atoms with van der Waals surface area (Å²) in [6.45, 7) is 1.92. The smallest absolute Gasteiger partial charge is 0.278 e. The standard InChI is InChI=1S/C14H10Cl2F2N2O/c1-2-20(8-3-5-10(17)11(18)7-8)14(21)13-9(15)4-6-12(16)19-13/h3-7H,2H2,1H3. The molecular formula is C14H10Cl2F2N2O. The summed E-state index contributed by atoms with van der Waals surface area (Å²) in [7, 11) is 0. The van der Waals surface area contributed by atoms with Crippen LogP contribution in [0.5, 0.6) is 0 Å². The number of carbonyl (C=O) groups is 1. The zero-order valence-corrected chi connectivity index (χ0v) is 12.4. The fourth-order valence-corrected chi connectivity index (χ4v) is 2.13. The Balaban J connectivity index is 2.43. The topological polar surface area (TPSA) is 33.2 Å². The lowest BCUT2D eigenvalue weighted by Gasteiger charge is -2.21. The third kappa shape index (κ3) is 3.31. The highest BCUT2D eigenvalue weighted by atomic mass is 35.5. The Kier molecular flexibility index (Phi) is 4.75. The molecule has 0 atom stereocenters. The van der Waals surface area contributed by atoms with E-state index in [1.54, 1.807) is 6.92 Å². The molecule has 7 heteroatoms. The fraction of sp³-hybridized carbons (Fsp3) is 0.143. The molecule has 2 aromatic rings. The van der Waals surface area contributed by atoms with Crippen LogP contribution in [0, 0.1) is 11.6 Å². The molecule has 1 amide bonds. The van der Waals surface area contributed by atoms with Gasteiger partial charge < -0.3 is 4.90 Å². The minimum absolute atomic E-state index is 0.0456. The fourth-order valence-electron chi connectivity index (χ4n) is 1.79. The Bertz CT molecular complexity index is 695. The number of aromatic nitrogens is 1. The molecule has 0 unspecified atom stereocenters. The first-order valence-electron chi connectivity index (χ1n) is 6.03. The van der Waals surface area contributed by atoms with Gasteiger partial charge in [-0.25, -0.2) is 13.8 Å². The first-order chi connectivity index (χ1) is 9.93. The molecule has 0 bridgehead atoms. The van der Waals surface area contributed by atoms with E-state index in [9.17, 15) is 13.6 Å². The van der Waals surface area contributed by atoms with Crippen molar-refractivity contribution in [2.24, 2.45) is 0 Å². The van der Waals surface area contributed by atoms with Crippen LogP contribution in [0.25, 0.3) is 0 Å². The summed E-state index contributed by atoms with van der Waals surface area (Å²) >= 11 is 11.7. The number of rotatable bonds is 3. The van der Waals surface area contributed by atoms with E-state index in [4.69, 9.17) is 23.2 Å². The molecule has 2 rings (SSSR count). The van der Waals surface area contributed by atoms with E-state index in [1.165, 1.54) is 23.1 Å². The second-order valence-electron chi connectivity index (χ2n) is 4.11. The van der Waals surface area contributed by atoms with Crippen LogP contribution in [0.1, 0.15) is 17.4 Å². The molecule has 0 radical (unpaired) electrons. The van der Waals surface area contributed by atoms with E-state index in [0.29, 0.717) is 0 Å². The van der Waals surface area contributed by atoms with Gasteiger partial charge in [0.25, 0.3) is 5.91 Å². The van der Waals surface area contributed by atoms with E-state index in [1.807, 2.05) is 0 Å². The largest absolute Gasteiger partial charge is 0.307 e. The molecule has 1 aromatic carbocycles. The van der Waals surface area contributed by atoms with Crippen LogP contribution in [-0.2, 0) is 0 Å². The molecule has 3 nitrogen and oxygen atoms in total. The van der Waals surface area contributed by atoms with E-state index in [0.717, 1.165) is 12.1 Å². The monoisotopic (exact) mass is 330 g/mol. The molecule has 0 aliphatic heterocycles. The van der Waals surface area contributed by atoms with Gasteiger partial charge >= 0.3 is 0 Å². The Labute approximate surface area is 130 Å². The van der Waals surface area contributed by atoms with Crippen molar-refractivity contribution < 1.29 is 13.6 Å². The van der Waals surface area contributed by atoms with Gasteiger partial charge in [-0.3, -0.25) is 4.79 Å². The van der Waals surface area contributed by atoms with Gasteiger partial charge in [0, 0.05) is 18.3 Å². The Morgan fingerprint density at radius 3 is 2.52 bits per heavy atom. The summed E-state index contributed by atoms with van der Waals surface area (Å²) in [6.07, 6.45) is 0. The van der Waals surface area contributed by atoms with Crippen molar-refractivity contribution in [1.82, 2.24) is 4.98 Å². The third-order valence-electron chi connectivity index (χ3n) is 2.79. The van der Waals surface area contributed by atoms with Crippen molar-refractivity contribution in [1.29, 1.82) is 0 Å². The van der Waals surface area contributed by atoms with Crippen LogP contribution in [0.2, 0.25) is 10.2 Å². The Hall–Kier alpha value is -1.72. The van der Waals surface area contributed by atoms with Crippen molar-refractivity contribution in [3.63, 3.8) is 0 Å². The van der Waals surface area contributed by atoms with Crippen LogP contribution in [0.3, 0.4) is 0 Å². The normalized spacial score (nSPS) is 10.5. The van der Waals surface area contributed by atoms with Crippen molar-refractivity contribution in [2.45, 2.75) is 6.92 Å². The maximum atomic E-state index is 13.3. The average Bonchev–Trinajstić information content (AvgIpc) is 2.46.